The van der Waals surface area contributed by atoms with Gasteiger partial charge in [0, 0.05) is 13.1 Å². The highest BCUT2D eigenvalue weighted by Crippen LogP contribution is 2.27. The Balaban J connectivity index is 1.49. The SMILES string of the molecule is CCOC(=O)C1CCCCN1C(=O)CSc1nnc(NCc2ccc(F)cc2)s1. The Morgan fingerprint density at radius 3 is 2.86 bits per heavy atom. The molecule has 0 aliphatic carbocycles. The van der Waals surface area contributed by atoms with Gasteiger partial charge in [0.1, 0.15) is 11.9 Å². The number of halogens is 1. The van der Waals surface area contributed by atoms with Gasteiger partial charge in [-0.05, 0) is 43.9 Å². The zero-order valence-corrected chi connectivity index (χ0v) is 17.7. The molecule has 1 N–H and O–H groups in total. The largest absolute Gasteiger partial charge is 0.464 e. The number of thioether (sulfide) groups is 1. The standard InChI is InChI=1S/C19H23FN4O3S2/c1-2-27-17(26)15-5-3-4-10-24(15)16(25)12-28-19-23-22-18(29-19)21-11-13-6-8-14(20)9-7-13/h6-9,15H,2-5,10-12H2,1H3,(H,21,22). The van der Waals surface area contributed by atoms with Crippen molar-refractivity contribution in [2.45, 2.75) is 43.1 Å². The summed E-state index contributed by atoms with van der Waals surface area (Å²) in [7, 11) is 0. The van der Waals surface area contributed by atoms with Gasteiger partial charge in [-0.1, -0.05) is 35.2 Å². The number of rotatable bonds is 8. The van der Waals surface area contributed by atoms with Gasteiger partial charge >= 0.3 is 5.97 Å². The van der Waals surface area contributed by atoms with E-state index >= 15 is 0 Å². The number of nitrogens with one attached hydrogen (secondary N) is 1. The van der Waals surface area contributed by atoms with E-state index in [1.54, 1.807) is 24.0 Å². The van der Waals surface area contributed by atoms with Crippen LogP contribution >= 0.6 is 23.1 Å². The van der Waals surface area contributed by atoms with E-state index in [0.29, 0.717) is 35.6 Å². The molecule has 1 amide bonds. The van der Waals surface area contributed by atoms with Crippen LogP contribution in [0.4, 0.5) is 9.52 Å². The lowest BCUT2D eigenvalue weighted by molar-refractivity contribution is -0.155. The van der Waals surface area contributed by atoms with Crippen molar-refractivity contribution in [1.29, 1.82) is 0 Å². The zero-order chi connectivity index (χ0) is 20.6. The Bertz CT molecular complexity index is 831. The minimum Gasteiger partial charge on any atom is -0.464 e. The number of carbonyl (C=O) groups is 2. The monoisotopic (exact) mass is 438 g/mol. The maximum Gasteiger partial charge on any atom is 0.328 e. The van der Waals surface area contributed by atoms with Crippen molar-refractivity contribution >= 4 is 40.1 Å². The van der Waals surface area contributed by atoms with Crippen molar-refractivity contribution in [3.8, 4) is 0 Å². The normalized spacial score (nSPS) is 16.5. The molecule has 1 fully saturated rings. The number of carbonyl (C=O) groups excluding carboxylic acids is 2. The minimum atomic E-state index is -0.487. The summed E-state index contributed by atoms with van der Waals surface area (Å²) in [4.78, 5) is 26.4. The van der Waals surface area contributed by atoms with Crippen LogP contribution in [0, 0.1) is 5.82 Å². The van der Waals surface area contributed by atoms with Crippen molar-refractivity contribution in [3.05, 3.63) is 35.6 Å². The van der Waals surface area contributed by atoms with E-state index in [1.807, 2.05) is 0 Å². The topological polar surface area (TPSA) is 84.4 Å². The third-order valence-electron chi connectivity index (χ3n) is 4.46. The van der Waals surface area contributed by atoms with Gasteiger partial charge in [-0.15, -0.1) is 10.2 Å². The van der Waals surface area contributed by atoms with E-state index in [0.717, 1.165) is 18.4 Å². The molecule has 156 valence electrons. The molecule has 1 aromatic carbocycles. The fourth-order valence-electron chi connectivity index (χ4n) is 3.04. The summed E-state index contributed by atoms with van der Waals surface area (Å²) in [5, 5.41) is 11.9. The first-order chi connectivity index (χ1) is 14.1. The Hall–Kier alpha value is -2.20. The first-order valence-electron chi connectivity index (χ1n) is 9.47. The molecule has 0 spiro atoms. The number of aromatic nitrogens is 2. The van der Waals surface area contributed by atoms with Gasteiger partial charge in [0.15, 0.2) is 4.34 Å². The van der Waals surface area contributed by atoms with Crippen molar-refractivity contribution in [2.24, 2.45) is 0 Å². The van der Waals surface area contributed by atoms with Gasteiger partial charge in [0.05, 0.1) is 12.4 Å². The van der Waals surface area contributed by atoms with Crippen LogP contribution in [0.5, 0.6) is 0 Å². The maximum atomic E-state index is 12.9. The predicted molar refractivity (Wildman–Crippen MR) is 110 cm³/mol. The third-order valence-corrected chi connectivity index (χ3v) is 6.46. The molecule has 1 atom stereocenters. The summed E-state index contributed by atoms with van der Waals surface area (Å²) in [5.74, 6) is -0.493. The van der Waals surface area contributed by atoms with Crippen LogP contribution in [0.25, 0.3) is 0 Å². The van der Waals surface area contributed by atoms with Crippen molar-refractivity contribution < 1.29 is 18.7 Å². The molecule has 0 radical (unpaired) electrons. The van der Waals surface area contributed by atoms with Gasteiger partial charge in [0.2, 0.25) is 11.0 Å². The predicted octanol–water partition coefficient (Wildman–Crippen LogP) is 3.33. The molecule has 1 unspecified atom stereocenters. The van der Waals surface area contributed by atoms with Gasteiger partial charge in [-0.3, -0.25) is 4.79 Å². The van der Waals surface area contributed by atoms with E-state index in [2.05, 4.69) is 15.5 Å². The minimum absolute atomic E-state index is 0.0937. The van der Waals surface area contributed by atoms with Crippen LogP contribution < -0.4 is 5.32 Å². The van der Waals surface area contributed by atoms with Crippen LogP contribution in [-0.4, -0.2) is 51.9 Å². The molecule has 2 aromatic rings. The Morgan fingerprint density at radius 2 is 2.10 bits per heavy atom. The number of hydrogen-bond donors (Lipinski definition) is 1. The van der Waals surface area contributed by atoms with E-state index in [-0.39, 0.29) is 23.4 Å². The van der Waals surface area contributed by atoms with Crippen LogP contribution in [0.1, 0.15) is 31.7 Å². The molecule has 7 nitrogen and oxygen atoms in total. The highest BCUT2D eigenvalue weighted by Gasteiger charge is 2.33. The summed E-state index contributed by atoms with van der Waals surface area (Å²) in [5.41, 5.74) is 0.932. The summed E-state index contributed by atoms with van der Waals surface area (Å²) < 4.78 is 18.7. The first-order valence-corrected chi connectivity index (χ1v) is 11.3. The second-order valence-corrected chi connectivity index (χ2v) is 8.69. The molecular weight excluding hydrogens is 415 g/mol. The molecule has 1 aromatic heterocycles. The molecule has 29 heavy (non-hydrogen) atoms. The summed E-state index contributed by atoms with van der Waals surface area (Å²) in [6.45, 7) is 3.15. The van der Waals surface area contributed by atoms with Gasteiger partial charge in [-0.2, -0.15) is 0 Å². The van der Waals surface area contributed by atoms with E-state index in [4.69, 9.17) is 4.74 Å². The lowest BCUT2D eigenvalue weighted by Crippen LogP contribution is -2.49. The van der Waals surface area contributed by atoms with Crippen molar-refractivity contribution in [1.82, 2.24) is 15.1 Å². The molecule has 1 aliphatic heterocycles. The van der Waals surface area contributed by atoms with Gasteiger partial charge in [0.25, 0.3) is 0 Å². The number of anilines is 1. The van der Waals surface area contributed by atoms with Crippen LogP contribution in [0.15, 0.2) is 28.6 Å². The fraction of sp³-hybridized carbons (Fsp3) is 0.474. The second kappa shape index (κ2) is 10.5. The number of nitrogens with zero attached hydrogens (tertiary/aromatic N) is 3. The summed E-state index contributed by atoms with van der Waals surface area (Å²) in [6.07, 6.45) is 2.45. The van der Waals surface area contributed by atoms with Gasteiger partial charge < -0.3 is 15.0 Å². The summed E-state index contributed by atoms with van der Waals surface area (Å²) >= 11 is 2.66. The van der Waals surface area contributed by atoms with Crippen LogP contribution in [-0.2, 0) is 20.9 Å². The van der Waals surface area contributed by atoms with Gasteiger partial charge in [-0.25, -0.2) is 9.18 Å². The molecule has 2 heterocycles. The second-order valence-electron chi connectivity index (χ2n) is 6.49. The number of hydrogen-bond acceptors (Lipinski definition) is 8. The quantitative estimate of drug-likeness (QED) is 0.500. The van der Waals surface area contributed by atoms with Crippen LogP contribution in [0.2, 0.25) is 0 Å². The number of likely N-dealkylation sites (tertiary alicyclic amines) is 1. The lowest BCUT2D eigenvalue weighted by atomic mass is 10.0. The highest BCUT2D eigenvalue weighted by molar-refractivity contribution is 8.01. The lowest BCUT2D eigenvalue weighted by Gasteiger charge is -2.33. The highest BCUT2D eigenvalue weighted by atomic mass is 32.2. The molecule has 10 heteroatoms. The van der Waals surface area contributed by atoms with E-state index in [9.17, 15) is 14.0 Å². The average molecular weight is 439 g/mol. The average Bonchev–Trinajstić information content (AvgIpc) is 3.19. The number of amides is 1. The Morgan fingerprint density at radius 1 is 1.31 bits per heavy atom. The van der Waals surface area contributed by atoms with Crippen molar-refractivity contribution in [2.75, 3.05) is 24.2 Å². The maximum absolute atomic E-state index is 12.9. The summed E-state index contributed by atoms with van der Waals surface area (Å²) in [6, 6.07) is 5.74. The smallest absolute Gasteiger partial charge is 0.328 e. The zero-order valence-electron chi connectivity index (χ0n) is 16.1. The van der Waals surface area contributed by atoms with E-state index in [1.165, 1.54) is 35.2 Å². The molecule has 0 saturated carbocycles. The van der Waals surface area contributed by atoms with Crippen LogP contribution in [0.3, 0.4) is 0 Å². The Kier molecular flexibility index (Phi) is 7.82. The molecule has 3 rings (SSSR count). The molecule has 1 aliphatic rings. The first kappa shape index (κ1) is 21.5. The molecular formula is C19H23FN4O3S2. The van der Waals surface area contributed by atoms with Crippen molar-refractivity contribution in [3.63, 3.8) is 0 Å². The number of esters is 1. The van der Waals surface area contributed by atoms with E-state index < -0.39 is 6.04 Å². The number of benzene rings is 1. The number of ether oxygens (including phenoxy) is 1. The third kappa shape index (κ3) is 6.14. The number of piperidine rings is 1. The molecule has 1 saturated heterocycles. The fourth-order valence-corrected chi connectivity index (χ4v) is 4.67. The Labute approximate surface area is 177 Å². The molecule has 0 bridgehead atoms.